The van der Waals surface area contributed by atoms with E-state index in [9.17, 15) is 17.2 Å². The predicted octanol–water partition coefficient (Wildman–Crippen LogP) is 4.18. The summed E-state index contributed by atoms with van der Waals surface area (Å²) in [6.45, 7) is 7.92. The van der Waals surface area contributed by atoms with Crippen molar-refractivity contribution in [2.24, 2.45) is 5.92 Å². The Morgan fingerprint density at radius 3 is 2.58 bits per heavy atom. The van der Waals surface area contributed by atoms with E-state index in [1.165, 1.54) is 12.1 Å². The number of ether oxygens (including phenoxy) is 1. The molecule has 0 saturated carbocycles. The van der Waals surface area contributed by atoms with Gasteiger partial charge in [-0.05, 0) is 43.4 Å². The molecule has 1 aromatic carbocycles. The Balaban J connectivity index is 1.72. The first-order valence-corrected chi connectivity index (χ1v) is 12.4. The van der Waals surface area contributed by atoms with Crippen LogP contribution >= 0.6 is 0 Å². The van der Waals surface area contributed by atoms with E-state index in [1.807, 2.05) is 0 Å². The Bertz CT molecular complexity index is 1050. The molecule has 6 nitrogen and oxygen atoms in total. The van der Waals surface area contributed by atoms with E-state index in [2.05, 4.69) is 25.3 Å². The summed E-state index contributed by atoms with van der Waals surface area (Å²) in [5, 5.41) is 0. The van der Waals surface area contributed by atoms with Gasteiger partial charge in [0, 0.05) is 38.1 Å². The molecule has 0 unspecified atom stereocenters. The van der Waals surface area contributed by atoms with Gasteiger partial charge in [-0.1, -0.05) is 20.8 Å². The standard InChI is InChI=1S/C22H31F2N3O3S/c1-21(2,3)20-25-18-13-17(31(28,29)26-10-4-9-22(23,24)15-26)5-6-19(18)27(20)14-16-7-11-30-12-8-16/h5-6,13,16H,4,7-12,14-15H2,1-3H3. The third kappa shape index (κ3) is 4.64. The van der Waals surface area contributed by atoms with Gasteiger partial charge < -0.3 is 9.30 Å². The van der Waals surface area contributed by atoms with Crippen LogP contribution in [-0.2, 0) is 26.7 Å². The highest BCUT2D eigenvalue weighted by molar-refractivity contribution is 7.89. The largest absolute Gasteiger partial charge is 0.381 e. The first-order chi connectivity index (χ1) is 14.5. The normalized spacial score (nSPS) is 21.6. The lowest BCUT2D eigenvalue weighted by Crippen LogP contribution is -2.45. The Kier molecular flexibility index (Phi) is 5.89. The number of benzene rings is 1. The van der Waals surface area contributed by atoms with Crippen LogP contribution in [0.3, 0.4) is 0 Å². The molecule has 0 amide bonds. The van der Waals surface area contributed by atoms with E-state index in [0.29, 0.717) is 11.4 Å². The molecule has 172 valence electrons. The molecule has 31 heavy (non-hydrogen) atoms. The van der Waals surface area contributed by atoms with Crippen molar-refractivity contribution in [3.63, 3.8) is 0 Å². The summed E-state index contributed by atoms with van der Waals surface area (Å²) in [6.07, 6.45) is 1.85. The van der Waals surface area contributed by atoms with E-state index in [0.717, 1.165) is 48.2 Å². The summed E-state index contributed by atoms with van der Waals surface area (Å²) in [5.74, 6) is -1.61. The van der Waals surface area contributed by atoms with Gasteiger partial charge in [0.25, 0.3) is 5.92 Å². The Labute approximate surface area is 182 Å². The fraction of sp³-hybridized carbons (Fsp3) is 0.682. The maximum atomic E-state index is 13.8. The molecular weight excluding hydrogens is 424 g/mol. The van der Waals surface area contributed by atoms with Crippen molar-refractivity contribution in [2.45, 2.75) is 69.2 Å². The second-order valence-corrected chi connectivity index (χ2v) is 11.7. The van der Waals surface area contributed by atoms with Gasteiger partial charge in [0.05, 0.1) is 22.5 Å². The molecule has 9 heteroatoms. The third-order valence-electron chi connectivity index (χ3n) is 6.17. The van der Waals surface area contributed by atoms with Crippen LogP contribution in [0.15, 0.2) is 23.1 Å². The Morgan fingerprint density at radius 1 is 1.23 bits per heavy atom. The number of piperidine rings is 1. The first kappa shape index (κ1) is 22.6. The molecule has 2 fully saturated rings. The number of imidazole rings is 1. The maximum absolute atomic E-state index is 13.8. The molecule has 2 aliphatic rings. The third-order valence-corrected chi connectivity index (χ3v) is 8.01. The number of sulfonamides is 1. The van der Waals surface area contributed by atoms with Crippen molar-refractivity contribution >= 4 is 21.1 Å². The predicted molar refractivity (Wildman–Crippen MR) is 115 cm³/mol. The molecule has 2 aromatic rings. The first-order valence-electron chi connectivity index (χ1n) is 10.9. The number of halogens is 2. The van der Waals surface area contributed by atoms with Gasteiger partial charge in [0.1, 0.15) is 5.82 Å². The average Bonchev–Trinajstić information content (AvgIpc) is 3.06. The van der Waals surface area contributed by atoms with Gasteiger partial charge in [-0.25, -0.2) is 22.2 Å². The van der Waals surface area contributed by atoms with Crippen molar-refractivity contribution in [1.29, 1.82) is 0 Å². The summed E-state index contributed by atoms with van der Waals surface area (Å²) in [4.78, 5) is 4.82. The number of rotatable bonds is 4. The maximum Gasteiger partial charge on any atom is 0.261 e. The Hall–Kier alpha value is -1.58. The SMILES string of the molecule is CC(C)(C)c1nc2cc(S(=O)(=O)N3CCCC(F)(F)C3)ccc2n1CC1CCOCC1. The fourth-order valence-corrected chi connectivity index (χ4v) is 6.03. The number of nitrogens with zero attached hydrogens (tertiary/aromatic N) is 3. The van der Waals surface area contributed by atoms with Crippen molar-refractivity contribution in [1.82, 2.24) is 13.9 Å². The van der Waals surface area contributed by atoms with Crippen molar-refractivity contribution in [2.75, 3.05) is 26.3 Å². The van der Waals surface area contributed by atoms with Crippen LogP contribution in [-0.4, -0.2) is 54.5 Å². The Morgan fingerprint density at radius 2 is 1.94 bits per heavy atom. The van der Waals surface area contributed by atoms with Gasteiger partial charge in [-0.3, -0.25) is 0 Å². The number of aromatic nitrogens is 2. The second kappa shape index (κ2) is 8.08. The molecule has 3 heterocycles. The van der Waals surface area contributed by atoms with Crippen molar-refractivity contribution < 1.29 is 21.9 Å². The topological polar surface area (TPSA) is 64.4 Å². The molecule has 4 rings (SSSR count). The molecule has 2 aliphatic heterocycles. The number of hydrogen-bond acceptors (Lipinski definition) is 4. The minimum absolute atomic E-state index is 0.0221. The van der Waals surface area contributed by atoms with Crippen LogP contribution in [0.25, 0.3) is 11.0 Å². The highest BCUT2D eigenvalue weighted by Gasteiger charge is 2.40. The van der Waals surface area contributed by atoms with Crippen LogP contribution in [0, 0.1) is 5.92 Å². The lowest BCUT2D eigenvalue weighted by molar-refractivity contribution is -0.0434. The average molecular weight is 456 g/mol. The van der Waals surface area contributed by atoms with E-state index in [1.54, 1.807) is 6.07 Å². The van der Waals surface area contributed by atoms with E-state index in [4.69, 9.17) is 9.72 Å². The summed E-state index contributed by atoms with van der Waals surface area (Å²) in [6, 6.07) is 4.83. The van der Waals surface area contributed by atoms with Gasteiger partial charge in [0.15, 0.2) is 0 Å². The molecule has 2 saturated heterocycles. The van der Waals surface area contributed by atoms with Crippen molar-refractivity contribution in [3.8, 4) is 0 Å². The summed E-state index contributed by atoms with van der Waals surface area (Å²) in [5.41, 5.74) is 1.24. The van der Waals surface area contributed by atoms with Gasteiger partial charge in [0.2, 0.25) is 10.0 Å². The van der Waals surface area contributed by atoms with Gasteiger partial charge >= 0.3 is 0 Å². The van der Waals surface area contributed by atoms with Crippen LogP contribution in [0.1, 0.15) is 52.3 Å². The lowest BCUT2D eigenvalue weighted by Gasteiger charge is -2.31. The molecule has 0 radical (unpaired) electrons. The number of alkyl halides is 2. The fourth-order valence-electron chi connectivity index (χ4n) is 4.50. The van der Waals surface area contributed by atoms with E-state index in [-0.39, 0.29) is 29.7 Å². The number of fused-ring (bicyclic) bond motifs is 1. The van der Waals surface area contributed by atoms with Crippen LogP contribution in [0.5, 0.6) is 0 Å². The molecule has 0 bridgehead atoms. The zero-order valence-corrected chi connectivity index (χ0v) is 19.2. The molecule has 1 aromatic heterocycles. The minimum Gasteiger partial charge on any atom is -0.381 e. The van der Waals surface area contributed by atoms with Gasteiger partial charge in [-0.15, -0.1) is 0 Å². The quantitative estimate of drug-likeness (QED) is 0.694. The summed E-state index contributed by atoms with van der Waals surface area (Å²) < 4.78 is 62.4. The smallest absolute Gasteiger partial charge is 0.261 e. The highest BCUT2D eigenvalue weighted by atomic mass is 32.2. The monoisotopic (exact) mass is 455 g/mol. The van der Waals surface area contributed by atoms with E-state index >= 15 is 0 Å². The lowest BCUT2D eigenvalue weighted by atomic mass is 9.94. The second-order valence-electron chi connectivity index (χ2n) is 9.80. The molecule has 0 spiro atoms. The van der Waals surface area contributed by atoms with Crippen LogP contribution in [0.4, 0.5) is 8.78 Å². The minimum atomic E-state index is -4.00. The number of hydrogen-bond donors (Lipinski definition) is 0. The van der Waals surface area contributed by atoms with Crippen LogP contribution < -0.4 is 0 Å². The van der Waals surface area contributed by atoms with Gasteiger partial charge in [-0.2, -0.15) is 4.31 Å². The molecular formula is C22H31F2N3O3S. The van der Waals surface area contributed by atoms with Crippen molar-refractivity contribution in [3.05, 3.63) is 24.0 Å². The zero-order chi connectivity index (χ0) is 22.4. The highest BCUT2D eigenvalue weighted by Crippen LogP contribution is 2.33. The summed E-state index contributed by atoms with van der Waals surface area (Å²) in [7, 11) is -4.00. The zero-order valence-electron chi connectivity index (χ0n) is 18.4. The molecule has 0 atom stereocenters. The van der Waals surface area contributed by atoms with E-state index < -0.39 is 22.5 Å². The summed E-state index contributed by atoms with van der Waals surface area (Å²) >= 11 is 0. The molecule has 0 N–H and O–H groups in total. The molecule has 0 aliphatic carbocycles. The van der Waals surface area contributed by atoms with Crippen LogP contribution in [0.2, 0.25) is 0 Å².